The molecule has 3 rings (SSSR count). The second-order valence-corrected chi connectivity index (χ2v) is 8.84. The molecule has 138 valence electrons. The number of nitrogens with one attached hydrogen (secondary N) is 1. The van der Waals surface area contributed by atoms with E-state index in [-0.39, 0.29) is 22.9 Å². The van der Waals surface area contributed by atoms with Gasteiger partial charge in [-0.25, -0.2) is 8.42 Å². The van der Waals surface area contributed by atoms with E-state index in [2.05, 4.69) is 5.32 Å². The van der Waals surface area contributed by atoms with E-state index in [0.29, 0.717) is 23.1 Å². The maximum absolute atomic E-state index is 12.6. The van der Waals surface area contributed by atoms with Crippen molar-refractivity contribution in [1.29, 1.82) is 0 Å². The Kier molecular flexibility index (Phi) is 5.87. The molecular weight excluding hydrogens is 395 g/mol. The van der Waals surface area contributed by atoms with Gasteiger partial charge in [-0.1, -0.05) is 35.3 Å². The van der Waals surface area contributed by atoms with Crippen LogP contribution in [-0.4, -0.2) is 31.7 Å². The number of rotatable bonds is 5. The van der Waals surface area contributed by atoms with Crippen LogP contribution in [0.3, 0.4) is 0 Å². The van der Waals surface area contributed by atoms with Gasteiger partial charge in [0.25, 0.3) is 5.91 Å². The molecule has 2 aromatic rings. The topological polar surface area (TPSA) is 66.5 Å². The summed E-state index contributed by atoms with van der Waals surface area (Å²) in [4.78, 5) is 12.5. The van der Waals surface area contributed by atoms with Crippen LogP contribution in [0.4, 0.5) is 0 Å². The van der Waals surface area contributed by atoms with Gasteiger partial charge in [0.05, 0.1) is 4.90 Å². The van der Waals surface area contributed by atoms with Crippen molar-refractivity contribution in [3.8, 4) is 0 Å². The van der Waals surface area contributed by atoms with Gasteiger partial charge in [-0.15, -0.1) is 0 Å². The van der Waals surface area contributed by atoms with E-state index in [4.69, 9.17) is 23.2 Å². The molecule has 1 heterocycles. The van der Waals surface area contributed by atoms with E-state index in [1.165, 1.54) is 16.4 Å². The van der Waals surface area contributed by atoms with Gasteiger partial charge >= 0.3 is 0 Å². The van der Waals surface area contributed by atoms with Crippen LogP contribution < -0.4 is 5.32 Å². The summed E-state index contributed by atoms with van der Waals surface area (Å²) in [5.74, 6) is -0.366. The maximum atomic E-state index is 12.6. The predicted molar refractivity (Wildman–Crippen MR) is 102 cm³/mol. The Balaban J connectivity index is 1.74. The Morgan fingerprint density at radius 3 is 2.50 bits per heavy atom. The number of carbonyl (C=O) groups excluding carboxylic acids is 1. The first kappa shape index (κ1) is 19.2. The highest BCUT2D eigenvalue weighted by Crippen LogP contribution is 2.22. The van der Waals surface area contributed by atoms with Crippen molar-refractivity contribution >= 4 is 39.1 Å². The van der Waals surface area contributed by atoms with E-state index in [1.807, 2.05) is 0 Å². The van der Waals surface area contributed by atoms with Crippen molar-refractivity contribution in [3.05, 3.63) is 63.6 Å². The molecule has 0 aliphatic carbocycles. The minimum Gasteiger partial charge on any atom is -0.348 e. The summed E-state index contributed by atoms with van der Waals surface area (Å²) < 4.78 is 26.7. The Bertz CT molecular complexity index is 926. The molecular formula is C18H18Cl2N2O3S. The molecule has 5 nitrogen and oxygen atoms in total. The highest BCUT2D eigenvalue weighted by Gasteiger charge is 2.27. The normalized spacial score (nSPS) is 15.2. The Morgan fingerprint density at radius 1 is 1.08 bits per heavy atom. The van der Waals surface area contributed by atoms with Gasteiger partial charge in [-0.3, -0.25) is 4.79 Å². The molecule has 0 radical (unpaired) electrons. The average Bonchev–Trinajstić information content (AvgIpc) is 3.16. The number of hydrogen-bond acceptors (Lipinski definition) is 3. The number of nitrogens with zero attached hydrogens (tertiary/aromatic N) is 1. The van der Waals surface area contributed by atoms with Gasteiger partial charge in [-0.2, -0.15) is 4.31 Å². The average molecular weight is 413 g/mol. The summed E-state index contributed by atoms with van der Waals surface area (Å²) in [6.45, 7) is 1.26. The van der Waals surface area contributed by atoms with E-state index >= 15 is 0 Å². The van der Waals surface area contributed by atoms with Crippen LogP contribution in [0.2, 0.25) is 10.0 Å². The molecule has 1 aliphatic rings. The van der Waals surface area contributed by atoms with Crippen molar-refractivity contribution < 1.29 is 13.2 Å². The van der Waals surface area contributed by atoms with Crippen LogP contribution in [0, 0.1) is 0 Å². The van der Waals surface area contributed by atoms with E-state index in [9.17, 15) is 13.2 Å². The molecule has 1 saturated heterocycles. The van der Waals surface area contributed by atoms with Gasteiger partial charge in [0.1, 0.15) is 0 Å². The molecule has 8 heteroatoms. The molecule has 0 saturated carbocycles. The summed E-state index contributed by atoms with van der Waals surface area (Å²) in [5, 5.41) is 3.73. The van der Waals surface area contributed by atoms with Crippen molar-refractivity contribution in [2.24, 2.45) is 0 Å². The lowest BCUT2D eigenvalue weighted by Crippen LogP contribution is -2.28. The van der Waals surface area contributed by atoms with Gasteiger partial charge in [-0.05, 0) is 48.7 Å². The third-order valence-electron chi connectivity index (χ3n) is 4.25. The predicted octanol–water partition coefficient (Wildman–Crippen LogP) is 3.71. The van der Waals surface area contributed by atoms with Crippen LogP contribution in [0.15, 0.2) is 47.4 Å². The van der Waals surface area contributed by atoms with Gasteiger partial charge < -0.3 is 5.32 Å². The fraction of sp³-hybridized carbons (Fsp3) is 0.278. The zero-order chi connectivity index (χ0) is 18.7. The minimum atomic E-state index is -3.56. The second kappa shape index (κ2) is 7.96. The first-order valence-electron chi connectivity index (χ1n) is 8.20. The van der Waals surface area contributed by atoms with E-state index in [0.717, 1.165) is 18.4 Å². The third kappa shape index (κ3) is 4.20. The van der Waals surface area contributed by atoms with Crippen molar-refractivity contribution in [2.45, 2.75) is 24.3 Å². The van der Waals surface area contributed by atoms with Crippen LogP contribution in [-0.2, 0) is 16.6 Å². The van der Waals surface area contributed by atoms with Crippen molar-refractivity contribution in [2.75, 3.05) is 13.1 Å². The molecule has 1 aliphatic heterocycles. The standard InChI is InChI=1S/C18H18Cl2N2O3S/c19-15-7-6-14(17(20)11-15)12-21-18(23)13-4-3-5-16(10-13)26(24,25)22-8-1-2-9-22/h3-7,10-11H,1-2,8-9,12H2,(H,21,23). The molecule has 26 heavy (non-hydrogen) atoms. The fourth-order valence-electron chi connectivity index (χ4n) is 2.82. The summed E-state index contributed by atoms with van der Waals surface area (Å²) in [7, 11) is -3.56. The summed E-state index contributed by atoms with van der Waals surface area (Å²) in [6, 6.07) is 11.1. The Morgan fingerprint density at radius 2 is 1.81 bits per heavy atom. The molecule has 1 amide bonds. The minimum absolute atomic E-state index is 0.136. The number of carbonyl (C=O) groups is 1. The summed E-state index contributed by atoms with van der Waals surface area (Å²) in [6.07, 6.45) is 1.72. The third-order valence-corrected chi connectivity index (χ3v) is 6.74. The highest BCUT2D eigenvalue weighted by atomic mass is 35.5. The number of amides is 1. The number of halogens is 2. The number of hydrogen-bond donors (Lipinski definition) is 1. The monoisotopic (exact) mass is 412 g/mol. The maximum Gasteiger partial charge on any atom is 0.251 e. The molecule has 2 aromatic carbocycles. The Labute approximate surface area is 163 Å². The molecule has 1 N–H and O–H groups in total. The lowest BCUT2D eigenvalue weighted by atomic mass is 10.2. The van der Waals surface area contributed by atoms with Crippen molar-refractivity contribution in [3.63, 3.8) is 0 Å². The zero-order valence-electron chi connectivity index (χ0n) is 13.9. The number of benzene rings is 2. The SMILES string of the molecule is O=C(NCc1ccc(Cl)cc1Cl)c1cccc(S(=O)(=O)N2CCCC2)c1. The van der Waals surface area contributed by atoms with Crippen molar-refractivity contribution in [1.82, 2.24) is 9.62 Å². The number of sulfonamides is 1. The first-order chi connectivity index (χ1) is 12.4. The smallest absolute Gasteiger partial charge is 0.251 e. The molecule has 0 spiro atoms. The summed E-state index contributed by atoms with van der Waals surface area (Å²) in [5.41, 5.74) is 1.01. The quantitative estimate of drug-likeness (QED) is 0.813. The lowest BCUT2D eigenvalue weighted by molar-refractivity contribution is 0.0950. The molecule has 0 unspecified atom stereocenters. The fourth-order valence-corrected chi connectivity index (χ4v) is 4.86. The van der Waals surface area contributed by atoms with Gasteiger partial charge in [0.2, 0.25) is 10.0 Å². The molecule has 0 bridgehead atoms. The second-order valence-electron chi connectivity index (χ2n) is 6.06. The molecule has 1 fully saturated rings. The zero-order valence-corrected chi connectivity index (χ0v) is 16.2. The van der Waals surface area contributed by atoms with E-state index < -0.39 is 10.0 Å². The van der Waals surface area contributed by atoms with Crippen LogP contribution in [0.1, 0.15) is 28.8 Å². The molecule has 0 aromatic heterocycles. The van der Waals surface area contributed by atoms with E-state index in [1.54, 1.807) is 30.3 Å². The Hall–Kier alpha value is -1.60. The largest absolute Gasteiger partial charge is 0.348 e. The first-order valence-corrected chi connectivity index (χ1v) is 10.4. The molecule has 0 atom stereocenters. The highest BCUT2D eigenvalue weighted by molar-refractivity contribution is 7.89. The van der Waals surface area contributed by atoms with Crippen LogP contribution in [0.5, 0.6) is 0 Å². The van der Waals surface area contributed by atoms with Crippen LogP contribution in [0.25, 0.3) is 0 Å². The van der Waals surface area contributed by atoms with Crippen LogP contribution >= 0.6 is 23.2 Å². The summed E-state index contributed by atoms with van der Waals surface area (Å²) >= 11 is 12.0. The van der Waals surface area contributed by atoms with Gasteiger partial charge in [0.15, 0.2) is 0 Å². The van der Waals surface area contributed by atoms with Gasteiger partial charge in [0, 0.05) is 35.2 Å². The lowest BCUT2D eigenvalue weighted by Gasteiger charge is -2.16.